The molecule has 0 radical (unpaired) electrons. The molecule has 3 nitrogen and oxygen atoms in total. The van der Waals surface area contributed by atoms with E-state index in [1.165, 1.54) is 44.2 Å². The first-order chi connectivity index (χ1) is 14.5. The van der Waals surface area contributed by atoms with Gasteiger partial charge in [-0.3, -0.25) is 0 Å². The van der Waals surface area contributed by atoms with Crippen molar-refractivity contribution in [3.8, 4) is 0 Å². The van der Waals surface area contributed by atoms with E-state index in [-0.39, 0.29) is 5.92 Å². The zero-order chi connectivity index (χ0) is 22.2. The molecule has 0 bridgehead atoms. The Balaban J connectivity index is 2.78. The second-order valence-electron chi connectivity index (χ2n) is 7.80. The molecule has 0 spiro atoms. The summed E-state index contributed by atoms with van der Waals surface area (Å²) >= 11 is 0. The van der Waals surface area contributed by atoms with Gasteiger partial charge in [-0.2, -0.15) is 0 Å². The highest BCUT2D eigenvalue weighted by molar-refractivity contribution is 5.17. The summed E-state index contributed by atoms with van der Waals surface area (Å²) in [6, 6.07) is 4.14. The minimum absolute atomic E-state index is 0.0915. The lowest BCUT2D eigenvalue weighted by Gasteiger charge is -2.39. The molecule has 1 aromatic rings. The third kappa shape index (κ3) is 9.40. The smallest absolute Gasteiger partial charge is 0.285 e. The van der Waals surface area contributed by atoms with Crippen molar-refractivity contribution in [2.75, 3.05) is 19.8 Å². The van der Waals surface area contributed by atoms with Crippen molar-refractivity contribution in [1.29, 1.82) is 0 Å². The van der Waals surface area contributed by atoms with Crippen molar-refractivity contribution < 1.29 is 23.0 Å². The lowest BCUT2D eigenvalue weighted by atomic mass is 9.91. The molecule has 0 N–H and O–H groups in total. The summed E-state index contributed by atoms with van der Waals surface area (Å²) in [7, 11) is 0. The van der Waals surface area contributed by atoms with Crippen molar-refractivity contribution in [2.45, 2.75) is 97.9 Å². The second kappa shape index (κ2) is 15.7. The summed E-state index contributed by atoms with van der Waals surface area (Å²) in [5.74, 6) is -2.53. The molecule has 0 aromatic heterocycles. The highest BCUT2D eigenvalue weighted by Crippen LogP contribution is 2.34. The maximum Gasteiger partial charge on any atom is 0.285 e. The van der Waals surface area contributed by atoms with E-state index in [4.69, 9.17) is 14.2 Å². The van der Waals surface area contributed by atoms with Crippen LogP contribution in [-0.2, 0) is 20.6 Å². The Hall–Kier alpha value is -1.04. The lowest BCUT2D eigenvalue weighted by molar-refractivity contribution is -0.403. The Kier molecular flexibility index (Phi) is 14.1. The van der Waals surface area contributed by atoms with Gasteiger partial charge in [-0.05, 0) is 64.2 Å². The van der Waals surface area contributed by atoms with E-state index in [2.05, 4.69) is 6.92 Å². The van der Waals surface area contributed by atoms with E-state index in [1.54, 1.807) is 6.07 Å². The highest BCUT2D eigenvalue weighted by Gasteiger charge is 2.41. The van der Waals surface area contributed by atoms with Gasteiger partial charge in [0.15, 0.2) is 11.6 Å². The van der Waals surface area contributed by atoms with Crippen LogP contribution >= 0.6 is 0 Å². The number of benzene rings is 1. The van der Waals surface area contributed by atoms with E-state index in [0.717, 1.165) is 31.2 Å². The van der Waals surface area contributed by atoms with Crippen LogP contribution in [0.4, 0.5) is 8.78 Å². The molecule has 0 heterocycles. The van der Waals surface area contributed by atoms with Gasteiger partial charge in [0, 0.05) is 25.7 Å². The van der Waals surface area contributed by atoms with Crippen molar-refractivity contribution in [3.05, 3.63) is 35.4 Å². The lowest BCUT2D eigenvalue weighted by Crippen LogP contribution is -2.46. The largest absolute Gasteiger partial charge is 0.328 e. The maximum absolute atomic E-state index is 13.5. The number of aryl methyl sites for hydroxylation is 1. The quantitative estimate of drug-likeness (QED) is 0.180. The van der Waals surface area contributed by atoms with E-state index in [0.29, 0.717) is 26.2 Å². The predicted molar refractivity (Wildman–Crippen MR) is 118 cm³/mol. The molecule has 0 aliphatic carbocycles. The van der Waals surface area contributed by atoms with Crippen LogP contribution in [0, 0.1) is 17.6 Å². The van der Waals surface area contributed by atoms with Crippen LogP contribution in [0.15, 0.2) is 18.2 Å². The zero-order valence-electron chi connectivity index (χ0n) is 19.5. The second-order valence-corrected chi connectivity index (χ2v) is 7.80. The summed E-state index contributed by atoms with van der Waals surface area (Å²) in [6.45, 7) is 9.62. The number of hydrogen-bond acceptors (Lipinski definition) is 3. The third-order valence-electron chi connectivity index (χ3n) is 5.44. The Morgan fingerprint density at radius 3 is 1.87 bits per heavy atom. The van der Waals surface area contributed by atoms with Gasteiger partial charge in [0.05, 0.1) is 0 Å². The number of unbranched alkanes of at least 4 members (excludes halogenated alkanes) is 5. The molecule has 0 aliphatic rings. The Morgan fingerprint density at radius 1 is 0.733 bits per heavy atom. The van der Waals surface area contributed by atoms with Gasteiger partial charge in [-0.15, -0.1) is 0 Å². The predicted octanol–water partition coefficient (Wildman–Crippen LogP) is 7.42. The standard InChI is InChI=1S/C25H42F2O3/c1-5-9-10-11-12-13-16-22(25(28-6-2,29-7-3)30-8-4)17-14-15-21-18-19-23(26)24(27)20-21/h18-20,22H,5-17H2,1-4H3. The molecule has 1 aromatic carbocycles. The summed E-state index contributed by atoms with van der Waals surface area (Å²) in [4.78, 5) is 0. The van der Waals surface area contributed by atoms with Gasteiger partial charge in [0.1, 0.15) is 0 Å². The molecular weight excluding hydrogens is 386 g/mol. The molecule has 0 fully saturated rings. The fraction of sp³-hybridized carbons (Fsp3) is 0.760. The summed E-state index contributed by atoms with van der Waals surface area (Å²) in [6.07, 6.45) is 10.7. The van der Waals surface area contributed by atoms with Gasteiger partial charge in [-0.1, -0.05) is 51.5 Å². The monoisotopic (exact) mass is 428 g/mol. The first kappa shape index (κ1) is 27.0. The fourth-order valence-corrected chi connectivity index (χ4v) is 4.00. The average molecular weight is 429 g/mol. The van der Waals surface area contributed by atoms with Gasteiger partial charge in [-0.25, -0.2) is 8.78 Å². The highest BCUT2D eigenvalue weighted by atomic mass is 19.2. The molecule has 0 aliphatic heterocycles. The van der Waals surface area contributed by atoms with Crippen molar-refractivity contribution in [1.82, 2.24) is 0 Å². The zero-order valence-corrected chi connectivity index (χ0v) is 19.5. The van der Waals surface area contributed by atoms with Crippen LogP contribution in [-0.4, -0.2) is 25.8 Å². The van der Waals surface area contributed by atoms with Crippen molar-refractivity contribution >= 4 is 0 Å². The van der Waals surface area contributed by atoms with Gasteiger partial charge < -0.3 is 14.2 Å². The van der Waals surface area contributed by atoms with E-state index in [1.807, 2.05) is 20.8 Å². The first-order valence-electron chi connectivity index (χ1n) is 11.9. The van der Waals surface area contributed by atoms with Crippen LogP contribution < -0.4 is 0 Å². The van der Waals surface area contributed by atoms with E-state index >= 15 is 0 Å². The number of rotatable bonds is 18. The van der Waals surface area contributed by atoms with Crippen molar-refractivity contribution in [2.24, 2.45) is 5.92 Å². The molecule has 1 unspecified atom stereocenters. The van der Waals surface area contributed by atoms with Crippen LogP contribution in [0.2, 0.25) is 0 Å². The minimum Gasteiger partial charge on any atom is -0.328 e. The summed E-state index contributed by atoms with van der Waals surface area (Å²) in [5, 5.41) is 0. The fourth-order valence-electron chi connectivity index (χ4n) is 4.00. The Labute approximate surface area is 182 Å². The van der Waals surface area contributed by atoms with Crippen LogP contribution in [0.25, 0.3) is 0 Å². The SMILES string of the molecule is CCCCCCCCC(CCCc1ccc(F)c(F)c1)C(OCC)(OCC)OCC. The van der Waals surface area contributed by atoms with Crippen LogP contribution in [0.3, 0.4) is 0 Å². The maximum atomic E-state index is 13.5. The Bertz CT molecular complexity index is 548. The normalized spacial score (nSPS) is 13.0. The molecule has 1 rings (SSSR count). The van der Waals surface area contributed by atoms with Gasteiger partial charge in [0.2, 0.25) is 0 Å². The summed E-state index contributed by atoms with van der Waals surface area (Å²) < 4.78 is 44.9. The van der Waals surface area contributed by atoms with E-state index in [9.17, 15) is 8.78 Å². The number of halogens is 2. The van der Waals surface area contributed by atoms with Crippen LogP contribution in [0.5, 0.6) is 0 Å². The minimum atomic E-state index is -1.03. The van der Waals surface area contributed by atoms with Crippen LogP contribution in [0.1, 0.15) is 91.0 Å². The topological polar surface area (TPSA) is 27.7 Å². The molecule has 1 atom stereocenters. The van der Waals surface area contributed by atoms with Gasteiger partial charge >= 0.3 is 0 Å². The molecule has 0 saturated heterocycles. The Morgan fingerprint density at radius 2 is 1.30 bits per heavy atom. The van der Waals surface area contributed by atoms with Crippen molar-refractivity contribution in [3.63, 3.8) is 0 Å². The molecule has 0 saturated carbocycles. The molecule has 0 amide bonds. The molecular formula is C25H42F2O3. The summed E-state index contributed by atoms with van der Waals surface area (Å²) in [5.41, 5.74) is 0.807. The average Bonchev–Trinajstić information content (AvgIpc) is 2.72. The number of hydrogen-bond donors (Lipinski definition) is 0. The molecule has 174 valence electrons. The van der Waals surface area contributed by atoms with Gasteiger partial charge in [0.25, 0.3) is 5.97 Å². The van der Waals surface area contributed by atoms with E-state index < -0.39 is 17.6 Å². The molecule has 5 heteroatoms. The number of ether oxygens (including phenoxy) is 3. The first-order valence-corrected chi connectivity index (χ1v) is 11.9. The third-order valence-corrected chi connectivity index (χ3v) is 5.44. The molecule has 30 heavy (non-hydrogen) atoms.